The molecule has 0 radical (unpaired) electrons. The molecule has 0 aromatic heterocycles. The van der Waals surface area contributed by atoms with Crippen molar-refractivity contribution >= 4 is 12.0 Å². The highest BCUT2D eigenvalue weighted by Gasteiger charge is 2.14. The zero-order valence-corrected chi connectivity index (χ0v) is 14.5. The molecule has 25 heavy (non-hydrogen) atoms. The van der Waals surface area contributed by atoms with Crippen molar-refractivity contribution in [3.63, 3.8) is 0 Å². The minimum Gasteiger partial charge on any atom is -0.450 e. The summed E-state index contributed by atoms with van der Waals surface area (Å²) >= 11 is 0. The van der Waals surface area contributed by atoms with Gasteiger partial charge in [-0.3, -0.25) is 4.79 Å². The van der Waals surface area contributed by atoms with E-state index in [1.807, 2.05) is 54.6 Å². The van der Waals surface area contributed by atoms with Crippen molar-refractivity contribution in [2.45, 2.75) is 19.8 Å². The van der Waals surface area contributed by atoms with Gasteiger partial charge < -0.3 is 15.4 Å². The van der Waals surface area contributed by atoms with Crippen molar-refractivity contribution in [2.24, 2.45) is 0 Å². The topological polar surface area (TPSA) is 67.4 Å². The van der Waals surface area contributed by atoms with Crippen LogP contribution in [0.15, 0.2) is 54.6 Å². The molecular weight excluding hydrogens is 316 g/mol. The Morgan fingerprint density at radius 2 is 1.84 bits per heavy atom. The smallest absolute Gasteiger partial charge is 0.407 e. The fourth-order valence-electron chi connectivity index (χ4n) is 2.50. The standard InChI is InChI=1S/C11H15NO2.C9H9NO/c1-2-14-11(13)12-9-8-10-6-4-3-5-7-10;11-9-8-4-2-1-3-7(8)5-6-10-9/h3-7H,2,8-9H2,1H3,(H,12,13);1-4H,5-6H2,(H,10,11). The lowest BCUT2D eigenvalue weighted by Crippen LogP contribution is -2.31. The van der Waals surface area contributed by atoms with Crippen molar-refractivity contribution in [2.75, 3.05) is 19.7 Å². The molecule has 5 heteroatoms. The van der Waals surface area contributed by atoms with Gasteiger partial charge in [0.15, 0.2) is 0 Å². The number of carbonyl (C=O) groups excluding carboxylic acids is 2. The van der Waals surface area contributed by atoms with Gasteiger partial charge in [0.05, 0.1) is 6.61 Å². The third kappa shape index (κ3) is 6.30. The van der Waals surface area contributed by atoms with E-state index in [0.29, 0.717) is 13.2 Å². The quantitative estimate of drug-likeness (QED) is 0.899. The highest BCUT2D eigenvalue weighted by Crippen LogP contribution is 2.12. The van der Waals surface area contributed by atoms with Crippen LogP contribution >= 0.6 is 0 Å². The van der Waals surface area contributed by atoms with Gasteiger partial charge in [0.2, 0.25) is 0 Å². The first-order valence-electron chi connectivity index (χ1n) is 8.51. The number of rotatable bonds is 4. The molecule has 0 aliphatic carbocycles. The average Bonchev–Trinajstić information content (AvgIpc) is 2.64. The highest BCUT2D eigenvalue weighted by atomic mass is 16.5. The molecule has 0 unspecified atom stereocenters. The number of nitrogens with one attached hydrogen (secondary N) is 2. The molecule has 2 aromatic rings. The molecule has 2 aromatic carbocycles. The molecule has 0 atom stereocenters. The van der Waals surface area contributed by atoms with Crippen LogP contribution in [0.1, 0.15) is 28.4 Å². The Morgan fingerprint density at radius 3 is 2.56 bits per heavy atom. The van der Waals surface area contributed by atoms with Gasteiger partial charge in [-0.2, -0.15) is 0 Å². The van der Waals surface area contributed by atoms with Crippen molar-refractivity contribution in [1.29, 1.82) is 0 Å². The van der Waals surface area contributed by atoms with E-state index >= 15 is 0 Å². The zero-order chi connectivity index (χ0) is 17.9. The fourth-order valence-corrected chi connectivity index (χ4v) is 2.50. The maximum absolute atomic E-state index is 11.2. The van der Waals surface area contributed by atoms with Gasteiger partial charge in [-0.05, 0) is 37.0 Å². The van der Waals surface area contributed by atoms with Crippen LogP contribution in [0.2, 0.25) is 0 Å². The maximum Gasteiger partial charge on any atom is 0.407 e. The summed E-state index contributed by atoms with van der Waals surface area (Å²) in [5.74, 6) is 0.0619. The van der Waals surface area contributed by atoms with Crippen molar-refractivity contribution in [1.82, 2.24) is 10.6 Å². The summed E-state index contributed by atoms with van der Waals surface area (Å²) in [6, 6.07) is 17.8. The molecule has 1 aliphatic rings. The Hall–Kier alpha value is -2.82. The van der Waals surface area contributed by atoms with Crippen LogP contribution in [-0.4, -0.2) is 31.7 Å². The minimum absolute atomic E-state index is 0.0619. The third-order valence-electron chi connectivity index (χ3n) is 3.74. The molecule has 3 rings (SSSR count). The second-order valence-corrected chi connectivity index (χ2v) is 5.55. The van der Waals surface area contributed by atoms with Gasteiger partial charge in [0, 0.05) is 18.7 Å². The summed E-state index contributed by atoms with van der Waals surface area (Å²) in [7, 11) is 0. The highest BCUT2D eigenvalue weighted by molar-refractivity contribution is 5.96. The minimum atomic E-state index is -0.344. The van der Waals surface area contributed by atoms with E-state index in [-0.39, 0.29) is 12.0 Å². The Bertz CT molecular complexity index is 686. The molecule has 0 saturated heterocycles. The molecule has 1 aliphatic heterocycles. The van der Waals surface area contributed by atoms with Gasteiger partial charge in [0.25, 0.3) is 5.91 Å². The molecule has 0 saturated carbocycles. The normalized spacial score (nSPS) is 12.1. The van der Waals surface area contributed by atoms with Gasteiger partial charge in [-0.15, -0.1) is 0 Å². The molecule has 132 valence electrons. The number of hydrogen-bond donors (Lipinski definition) is 2. The van der Waals surface area contributed by atoms with E-state index in [0.717, 1.165) is 30.5 Å². The van der Waals surface area contributed by atoms with Crippen LogP contribution in [0.4, 0.5) is 4.79 Å². The number of alkyl carbamates (subject to hydrolysis) is 1. The number of benzene rings is 2. The Labute approximate surface area is 148 Å². The van der Waals surface area contributed by atoms with E-state index in [4.69, 9.17) is 4.74 Å². The van der Waals surface area contributed by atoms with Crippen molar-refractivity contribution in [3.05, 3.63) is 71.3 Å². The molecule has 0 fully saturated rings. The van der Waals surface area contributed by atoms with Crippen LogP contribution in [0.5, 0.6) is 0 Å². The van der Waals surface area contributed by atoms with E-state index in [1.165, 1.54) is 5.56 Å². The second kappa shape index (κ2) is 10.1. The summed E-state index contributed by atoms with van der Waals surface area (Å²) in [6.07, 6.45) is 1.45. The summed E-state index contributed by atoms with van der Waals surface area (Å²) in [6.45, 7) is 3.59. The molecule has 2 amide bonds. The third-order valence-corrected chi connectivity index (χ3v) is 3.74. The maximum atomic E-state index is 11.2. The van der Waals surface area contributed by atoms with Gasteiger partial charge in [-0.25, -0.2) is 4.79 Å². The van der Waals surface area contributed by atoms with E-state index in [1.54, 1.807) is 6.92 Å². The first kappa shape index (κ1) is 18.5. The van der Waals surface area contributed by atoms with Gasteiger partial charge in [0.1, 0.15) is 0 Å². The lowest BCUT2D eigenvalue weighted by atomic mass is 10.0. The Balaban J connectivity index is 0.000000185. The van der Waals surface area contributed by atoms with E-state index < -0.39 is 0 Å². The first-order valence-corrected chi connectivity index (χ1v) is 8.51. The monoisotopic (exact) mass is 340 g/mol. The van der Waals surface area contributed by atoms with Crippen LogP contribution in [0, 0.1) is 0 Å². The summed E-state index contributed by atoms with van der Waals surface area (Å²) in [5, 5.41) is 5.47. The van der Waals surface area contributed by atoms with E-state index in [2.05, 4.69) is 10.6 Å². The zero-order valence-electron chi connectivity index (χ0n) is 14.5. The first-order chi connectivity index (χ1) is 12.2. The SMILES string of the molecule is CCOC(=O)NCCc1ccccc1.O=C1NCCc2ccccc21. The van der Waals surface area contributed by atoms with Gasteiger partial charge >= 0.3 is 6.09 Å². The number of hydrogen-bond acceptors (Lipinski definition) is 3. The summed E-state index contributed by atoms with van der Waals surface area (Å²) in [4.78, 5) is 22.1. The molecule has 5 nitrogen and oxygen atoms in total. The Morgan fingerprint density at radius 1 is 1.12 bits per heavy atom. The molecule has 0 bridgehead atoms. The van der Waals surface area contributed by atoms with Crippen molar-refractivity contribution in [3.8, 4) is 0 Å². The van der Waals surface area contributed by atoms with Crippen molar-refractivity contribution < 1.29 is 14.3 Å². The van der Waals surface area contributed by atoms with Crippen LogP contribution in [-0.2, 0) is 17.6 Å². The Kier molecular flexibility index (Phi) is 7.50. The summed E-state index contributed by atoms with van der Waals surface area (Å²) in [5.41, 5.74) is 3.21. The lowest BCUT2D eigenvalue weighted by molar-refractivity contribution is 0.0946. The summed E-state index contributed by atoms with van der Waals surface area (Å²) < 4.78 is 4.73. The fraction of sp³-hybridized carbons (Fsp3) is 0.300. The van der Waals surface area contributed by atoms with Crippen LogP contribution in [0.25, 0.3) is 0 Å². The second-order valence-electron chi connectivity index (χ2n) is 5.55. The lowest BCUT2D eigenvalue weighted by Gasteiger charge is -2.15. The van der Waals surface area contributed by atoms with Crippen LogP contribution in [0.3, 0.4) is 0 Å². The molecule has 2 N–H and O–H groups in total. The molecule has 0 spiro atoms. The van der Waals surface area contributed by atoms with Crippen LogP contribution < -0.4 is 10.6 Å². The number of fused-ring (bicyclic) bond motifs is 1. The van der Waals surface area contributed by atoms with E-state index in [9.17, 15) is 9.59 Å². The predicted octanol–water partition coefficient (Wildman–Crippen LogP) is 2.95. The average molecular weight is 340 g/mol. The van der Waals surface area contributed by atoms with Gasteiger partial charge in [-0.1, -0.05) is 48.5 Å². The number of carbonyl (C=O) groups is 2. The predicted molar refractivity (Wildman–Crippen MR) is 97.6 cm³/mol. The molecular formula is C20H24N2O3. The number of amides is 2. The molecule has 1 heterocycles. The largest absolute Gasteiger partial charge is 0.450 e. The number of ether oxygens (including phenoxy) is 1.